The van der Waals surface area contributed by atoms with Crippen LogP contribution in [0.5, 0.6) is 0 Å². The minimum absolute atomic E-state index is 0.0718. The van der Waals surface area contributed by atoms with E-state index in [1.165, 1.54) is 11.1 Å². The topological polar surface area (TPSA) is 18.5 Å². The standard InChI is InChI=1S/2C10H13O.2BrH.Ti/c2*1-10(2,8-11)9-6-4-3-5-7-9;;;/h2*3-7H,8H2,1-2H3;2*1H;/q2*-1;;;+4/p-2. The average molecular weight is 506 g/mol. The third-order valence-electron chi connectivity index (χ3n) is 4.31. The number of hydrogen-bond donors (Lipinski definition) is 0. The maximum absolute atomic E-state index is 6.18. The third-order valence-corrected chi connectivity index (χ3v) is 9.59. The first kappa shape index (κ1) is 21.3. The van der Waals surface area contributed by atoms with Gasteiger partial charge in [-0.3, -0.25) is 0 Å². The summed E-state index contributed by atoms with van der Waals surface area (Å²) in [5.41, 5.74) is 2.38. The molecule has 0 aliphatic rings. The quantitative estimate of drug-likeness (QED) is 0.377. The summed E-state index contributed by atoms with van der Waals surface area (Å²) < 4.78 is 12.4. The van der Waals surface area contributed by atoms with Gasteiger partial charge in [-0.2, -0.15) is 0 Å². The molecule has 25 heavy (non-hydrogen) atoms. The van der Waals surface area contributed by atoms with Crippen LogP contribution in [0.4, 0.5) is 0 Å². The fourth-order valence-electron chi connectivity index (χ4n) is 2.52. The predicted octanol–water partition coefficient (Wildman–Crippen LogP) is 6.58. The molecule has 0 radical (unpaired) electrons. The molecule has 0 N–H and O–H groups in total. The molecule has 5 heteroatoms. The van der Waals surface area contributed by atoms with E-state index in [-0.39, 0.29) is 10.8 Å². The number of hydrogen-bond acceptors (Lipinski definition) is 2. The summed E-state index contributed by atoms with van der Waals surface area (Å²) in [5, 5.41) is 0. The Hall–Kier alpha value is 0.0343. The van der Waals surface area contributed by atoms with Gasteiger partial charge < -0.3 is 0 Å². The van der Waals surface area contributed by atoms with Gasteiger partial charge in [0.2, 0.25) is 0 Å². The zero-order chi connectivity index (χ0) is 18.6. The van der Waals surface area contributed by atoms with Crippen molar-refractivity contribution in [2.75, 3.05) is 13.2 Å². The van der Waals surface area contributed by atoms with Crippen LogP contribution in [0, 0.1) is 0 Å². The van der Waals surface area contributed by atoms with E-state index in [1.54, 1.807) is 0 Å². The molecule has 2 aromatic rings. The van der Waals surface area contributed by atoms with E-state index in [9.17, 15) is 0 Å². The Kier molecular flexibility index (Phi) is 7.52. The molecular formula is C20H26Br2O2Ti. The molecular weight excluding hydrogens is 480 g/mol. The van der Waals surface area contributed by atoms with E-state index in [4.69, 9.17) is 6.64 Å². The SMILES string of the molecule is CC(C)(C[O][Ti]([Br])([Br])[O]CC(C)(C)c1ccccc1)c1ccccc1. The average Bonchev–Trinajstić information content (AvgIpc) is 2.60. The zero-order valence-corrected chi connectivity index (χ0v) is 20.0. The Morgan fingerprint density at radius 2 is 1.00 bits per heavy atom. The van der Waals surface area contributed by atoms with Crippen LogP contribution in [0.3, 0.4) is 0 Å². The monoisotopic (exact) mass is 504 g/mol. The van der Waals surface area contributed by atoms with Crippen molar-refractivity contribution in [1.82, 2.24) is 0 Å². The third kappa shape index (κ3) is 6.60. The minimum atomic E-state index is -3.11. The molecule has 0 aliphatic carbocycles. The van der Waals surface area contributed by atoms with Crippen molar-refractivity contribution in [1.29, 1.82) is 0 Å². The van der Waals surface area contributed by atoms with Gasteiger partial charge in [0.1, 0.15) is 0 Å². The molecule has 0 aromatic heterocycles. The summed E-state index contributed by atoms with van der Waals surface area (Å²) in [6, 6.07) is 20.9. The van der Waals surface area contributed by atoms with Gasteiger partial charge in [-0.15, -0.1) is 0 Å². The van der Waals surface area contributed by atoms with E-state index < -0.39 is 13.2 Å². The van der Waals surface area contributed by atoms with Crippen LogP contribution in [0.15, 0.2) is 60.7 Å². The van der Waals surface area contributed by atoms with Crippen molar-refractivity contribution in [3.05, 3.63) is 71.8 Å². The summed E-state index contributed by atoms with van der Waals surface area (Å²) in [5.74, 6) is 0. The normalized spacial score (nSPS) is 13.0. The number of halogens is 2. The first-order chi connectivity index (χ1) is 11.6. The molecule has 0 fully saturated rings. The summed E-state index contributed by atoms with van der Waals surface area (Å²) in [4.78, 5) is 0. The van der Waals surface area contributed by atoms with Gasteiger partial charge in [0.25, 0.3) is 0 Å². The molecule has 0 spiro atoms. The van der Waals surface area contributed by atoms with Gasteiger partial charge in [-0.1, -0.05) is 0 Å². The van der Waals surface area contributed by atoms with Crippen LogP contribution in [0.1, 0.15) is 38.8 Å². The molecule has 0 aliphatic heterocycles. The number of benzene rings is 2. The van der Waals surface area contributed by atoms with Crippen molar-refractivity contribution >= 4 is 26.3 Å². The first-order valence-electron chi connectivity index (χ1n) is 8.39. The van der Waals surface area contributed by atoms with E-state index in [0.717, 1.165) is 0 Å². The van der Waals surface area contributed by atoms with Crippen molar-refractivity contribution in [2.24, 2.45) is 0 Å². The Labute approximate surface area is 168 Å². The summed E-state index contributed by atoms with van der Waals surface area (Å²) >= 11 is 4.27. The van der Waals surface area contributed by atoms with Gasteiger partial charge in [-0.25, -0.2) is 0 Å². The molecule has 0 saturated heterocycles. The second-order valence-corrected chi connectivity index (χ2v) is 22.9. The van der Waals surface area contributed by atoms with Crippen molar-refractivity contribution < 1.29 is 19.8 Å². The van der Waals surface area contributed by atoms with E-state index in [2.05, 4.69) is 103 Å². The van der Waals surface area contributed by atoms with Gasteiger partial charge in [-0.05, 0) is 0 Å². The molecule has 2 nitrogen and oxygen atoms in total. The second-order valence-electron chi connectivity index (χ2n) is 7.54. The molecule has 0 amide bonds. The van der Waals surface area contributed by atoms with Gasteiger partial charge in [0, 0.05) is 0 Å². The van der Waals surface area contributed by atoms with E-state index >= 15 is 0 Å². The summed E-state index contributed by atoms with van der Waals surface area (Å²) in [6.07, 6.45) is 0. The van der Waals surface area contributed by atoms with Gasteiger partial charge in [0.15, 0.2) is 0 Å². The Morgan fingerprint density at radius 3 is 1.32 bits per heavy atom. The van der Waals surface area contributed by atoms with Crippen molar-refractivity contribution in [3.63, 3.8) is 0 Å². The fourth-order valence-corrected chi connectivity index (χ4v) is 6.19. The van der Waals surface area contributed by atoms with Gasteiger partial charge in [0.05, 0.1) is 0 Å². The van der Waals surface area contributed by atoms with Crippen LogP contribution in [-0.4, -0.2) is 13.2 Å². The van der Waals surface area contributed by atoms with Crippen LogP contribution in [0.2, 0.25) is 0 Å². The van der Waals surface area contributed by atoms with Crippen molar-refractivity contribution in [3.8, 4) is 0 Å². The summed E-state index contributed by atoms with van der Waals surface area (Å²) in [7, 11) is 0. The molecule has 0 heterocycles. The zero-order valence-electron chi connectivity index (χ0n) is 15.3. The molecule has 0 saturated carbocycles. The van der Waals surface area contributed by atoms with Gasteiger partial charge >= 0.3 is 170 Å². The fraction of sp³-hybridized carbons (Fsp3) is 0.400. The van der Waals surface area contributed by atoms with E-state index in [0.29, 0.717) is 13.2 Å². The second kappa shape index (κ2) is 8.82. The Balaban J connectivity index is 1.93. The van der Waals surface area contributed by atoms with Crippen LogP contribution in [0.25, 0.3) is 0 Å². The molecule has 0 unspecified atom stereocenters. The van der Waals surface area contributed by atoms with Crippen LogP contribution < -0.4 is 0 Å². The molecule has 2 rings (SSSR count). The van der Waals surface area contributed by atoms with Crippen LogP contribution >= 0.6 is 26.3 Å². The molecule has 0 bridgehead atoms. The first-order valence-corrected chi connectivity index (χ1v) is 17.4. The molecule has 2 aromatic carbocycles. The Bertz CT molecular complexity index is 600. The van der Waals surface area contributed by atoms with E-state index in [1.807, 2.05) is 12.1 Å². The molecule has 136 valence electrons. The van der Waals surface area contributed by atoms with Crippen LogP contribution in [-0.2, 0) is 30.6 Å². The summed E-state index contributed by atoms with van der Waals surface area (Å²) in [6.45, 7) is 9.95. The maximum atomic E-state index is 6.18. The Morgan fingerprint density at radius 1 is 0.680 bits per heavy atom. The predicted molar refractivity (Wildman–Crippen MR) is 109 cm³/mol. The molecule has 0 atom stereocenters. The van der Waals surface area contributed by atoms with Crippen molar-refractivity contribution in [2.45, 2.75) is 38.5 Å². The number of rotatable bonds is 8.